The highest BCUT2D eigenvalue weighted by molar-refractivity contribution is 6.31. The largest absolute Gasteiger partial charge is 0.503 e. The van der Waals surface area contributed by atoms with E-state index in [1.54, 1.807) is 0 Å². The normalized spacial score (nSPS) is 9.80. The lowest BCUT2D eigenvalue weighted by atomic mass is 10.3. The van der Waals surface area contributed by atoms with Crippen LogP contribution >= 0.6 is 11.6 Å². The second-order valence-electron chi connectivity index (χ2n) is 1.80. The molecule has 0 heterocycles. The molecular formula is C6H5ClFNO. The van der Waals surface area contributed by atoms with Crippen LogP contribution in [-0.4, -0.2) is 5.11 Å². The summed E-state index contributed by atoms with van der Waals surface area (Å²) in [5.74, 6) is -1.46. The maximum absolute atomic E-state index is 12.5. The first-order valence-electron chi connectivity index (χ1n) is 2.55. The van der Waals surface area contributed by atoms with Gasteiger partial charge in [-0.05, 0) is 12.1 Å². The lowest BCUT2D eigenvalue weighted by Gasteiger charge is -1.99. The highest BCUT2D eigenvalue weighted by Crippen LogP contribution is 2.28. The minimum absolute atomic E-state index is 0.0121. The van der Waals surface area contributed by atoms with E-state index in [1.807, 2.05) is 0 Å². The third-order valence-electron chi connectivity index (χ3n) is 1.10. The van der Waals surface area contributed by atoms with Gasteiger partial charge < -0.3 is 10.8 Å². The Hall–Kier alpha value is -0.960. The predicted molar refractivity (Wildman–Crippen MR) is 37.5 cm³/mol. The smallest absolute Gasteiger partial charge is 0.185 e. The summed E-state index contributed by atoms with van der Waals surface area (Å²) in [7, 11) is 0. The number of hydrogen-bond acceptors (Lipinski definition) is 2. The number of halogens is 2. The molecule has 1 rings (SSSR count). The minimum atomic E-state index is -0.873. The number of nitrogens with two attached hydrogens (primary N) is 1. The van der Waals surface area contributed by atoms with Gasteiger partial charge in [-0.25, -0.2) is 4.39 Å². The molecule has 0 spiro atoms. The van der Waals surface area contributed by atoms with E-state index >= 15 is 0 Å². The number of rotatable bonds is 0. The van der Waals surface area contributed by atoms with Crippen molar-refractivity contribution in [1.29, 1.82) is 0 Å². The molecule has 0 aromatic heterocycles. The molecule has 0 radical (unpaired) electrons. The van der Waals surface area contributed by atoms with Gasteiger partial charge in [0.1, 0.15) is 0 Å². The summed E-state index contributed by atoms with van der Waals surface area (Å²) < 4.78 is 12.5. The summed E-state index contributed by atoms with van der Waals surface area (Å²) in [5.41, 5.74) is 5.13. The number of nitrogen functional groups attached to an aromatic ring is 1. The molecule has 0 bridgehead atoms. The van der Waals surface area contributed by atoms with Gasteiger partial charge in [-0.15, -0.1) is 0 Å². The zero-order valence-corrected chi connectivity index (χ0v) is 5.69. The summed E-state index contributed by atoms with van der Waals surface area (Å²) in [6.07, 6.45) is 0. The van der Waals surface area contributed by atoms with E-state index in [1.165, 1.54) is 12.1 Å². The lowest BCUT2D eigenvalue weighted by Crippen LogP contribution is -1.88. The number of hydrogen-bond donors (Lipinski definition) is 2. The van der Waals surface area contributed by atoms with Gasteiger partial charge in [0.2, 0.25) is 0 Å². The second-order valence-corrected chi connectivity index (χ2v) is 2.21. The molecule has 4 heteroatoms. The molecule has 2 nitrogen and oxygen atoms in total. The average Bonchev–Trinajstić information content (AvgIpc) is 1.93. The van der Waals surface area contributed by atoms with Crippen LogP contribution in [0.4, 0.5) is 10.1 Å². The van der Waals surface area contributed by atoms with Gasteiger partial charge in [-0.1, -0.05) is 11.6 Å². The molecule has 1 aromatic rings. The Morgan fingerprint density at radius 2 is 2.10 bits per heavy atom. The molecule has 0 atom stereocenters. The predicted octanol–water partition coefficient (Wildman–Crippen LogP) is 1.77. The third-order valence-corrected chi connectivity index (χ3v) is 1.39. The molecule has 0 unspecified atom stereocenters. The quantitative estimate of drug-likeness (QED) is 0.450. The molecule has 0 fully saturated rings. The van der Waals surface area contributed by atoms with Gasteiger partial charge in [0.15, 0.2) is 11.6 Å². The maximum Gasteiger partial charge on any atom is 0.185 e. The van der Waals surface area contributed by atoms with Crippen LogP contribution in [0.15, 0.2) is 12.1 Å². The first-order chi connectivity index (χ1) is 4.63. The number of anilines is 1. The number of aromatic hydroxyl groups is 1. The minimum Gasteiger partial charge on any atom is -0.503 e. The molecule has 0 saturated heterocycles. The molecule has 0 aliphatic carbocycles. The Labute approximate surface area is 62.0 Å². The van der Waals surface area contributed by atoms with E-state index in [9.17, 15) is 4.39 Å². The SMILES string of the molecule is Nc1ccc(Cl)c(F)c1O. The van der Waals surface area contributed by atoms with Crippen LogP contribution in [-0.2, 0) is 0 Å². The first kappa shape index (κ1) is 7.15. The third kappa shape index (κ3) is 0.998. The number of phenolic OH excluding ortho intramolecular Hbond substituents is 1. The van der Waals surface area contributed by atoms with Crippen LogP contribution in [0.3, 0.4) is 0 Å². The Morgan fingerprint density at radius 3 is 2.60 bits per heavy atom. The first-order valence-corrected chi connectivity index (χ1v) is 2.93. The van der Waals surface area contributed by atoms with Gasteiger partial charge in [0.05, 0.1) is 10.7 Å². The van der Waals surface area contributed by atoms with Crippen LogP contribution in [0.2, 0.25) is 5.02 Å². The Morgan fingerprint density at radius 1 is 1.50 bits per heavy atom. The molecule has 3 N–H and O–H groups in total. The molecule has 0 aliphatic heterocycles. The van der Waals surface area contributed by atoms with E-state index < -0.39 is 11.6 Å². The molecule has 0 saturated carbocycles. The fourth-order valence-corrected chi connectivity index (χ4v) is 0.707. The van der Waals surface area contributed by atoms with Crippen molar-refractivity contribution in [3.05, 3.63) is 23.0 Å². The molecule has 10 heavy (non-hydrogen) atoms. The van der Waals surface area contributed by atoms with Crippen molar-refractivity contribution in [1.82, 2.24) is 0 Å². The summed E-state index contributed by atoms with van der Waals surface area (Å²) in [6, 6.07) is 2.62. The zero-order chi connectivity index (χ0) is 7.72. The summed E-state index contributed by atoms with van der Waals surface area (Å²) >= 11 is 5.30. The van der Waals surface area contributed by atoms with Crippen LogP contribution in [0.25, 0.3) is 0 Å². The van der Waals surface area contributed by atoms with E-state index in [0.717, 1.165) is 0 Å². The van der Waals surface area contributed by atoms with E-state index in [4.69, 9.17) is 22.4 Å². The van der Waals surface area contributed by atoms with Crippen molar-refractivity contribution in [3.63, 3.8) is 0 Å². The van der Waals surface area contributed by atoms with Gasteiger partial charge >= 0.3 is 0 Å². The fraction of sp³-hybridized carbons (Fsp3) is 0. The summed E-state index contributed by atoms with van der Waals surface area (Å²) in [6.45, 7) is 0. The van der Waals surface area contributed by atoms with Crippen molar-refractivity contribution in [2.75, 3.05) is 5.73 Å². The molecule has 0 aliphatic rings. The molecule has 54 valence electrons. The second kappa shape index (κ2) is 2.34. The Balaban J connectivity index is 3.34. The van der Waals surface area contributed by atoms with Crippen LogP contribution < -0.4 is 5.73 Å². The number of benzene rings is 1. The van der Waals surface area contributed by atoms with Crippen LogP contribution in [0, 0.1) is 5.82 Å². The van der Waals surface area contributed by atoms with Gasteiger partial charge in [0.25, 0.3) is 0 Å². The van der Waals surface area contributed by atoms with Gasteiger partial charge in [-0.3, -0.25) is 0 Å². The zero-order valence-electron chi connectivity index (χ0n) is 4.94. The fourth-order valence-electron chi connectivity index (χ4n) is 0.555. The van der Waals surface area contributed by atoms with Crippen molar-refractivity contribution in [2.24, 2.45) is 0 Å². The lowest BCUT2D eigenvalue weighted by molar-refractivity contribution is 0.435. The van der Waals surface area contributed by atoms with E-state index in [-0.39, 0.29) is 10.7 Å². The monoisotopic (exact) mass is 161 g/mol. The highest BCUT2D eigenvalue weighted by atomic mass is 35.5. The Kier molecular flexibility index (Phi) is 1.68. The molecule has 1 aromatic carbocycles. The topological polar surface area (TPSA) is 46.2 Å². The van der Waals surface area contributed by atoms with Gasteiger partial charge in [-0.2, -0.15) is 0 Å². The van der Waals surface area contributed by atoms with Crippen molar-refractivity contribution >= 4 is 17.3 Å². The summed E-state index contributed by atoms with van der Waals surface area (Å²) in [4.78, 5) is 0. The standard InChI is InChI=1S/C6H5ClFNO/c7-3-1-2-4(9)6(10)5(3)8/h1-2,10H,9H2. The highest BCUT2D eigenvalue weighted by Gasteiger charge is 2.07. The Bertz CT molecular complexity index is 237. The molecule has 0 amide bonds. The summed E-state index contributed by atoms with van der Waals surface area (Å²) in [5, 5.41) is 8.67. The maximum atomic E-state index is 12.5. The molecular weight excluding hydrogens is 157 g/mol. The van der Waals surface area contributed by atoms with Crippen molar-refractivity contribution in [2.45, 2.75) is 0 Å². The number of phenols is 1. The van der Waals surface area contributed by atoms with E-state index in [2.05, 4.69) is 0 Å². The van der Waals surface area contributed by atoms with Crippen LogP contribution in [0.5, 0.6) is 5.75 Å². The van der Waals surface area contributed by atoms with Gasteiger partial charge in [0, 0.05) is 0 Å². The van der Waals surface area contributed by atoms with Crippen molar-refractivity contribution in [3.8, 4) is 5.75 Å². The van der Waals surface area contributed by atoms with Crippen molar-refractivity contribution < 1.29 is 9.50 Å². The van der Waals surface area contributed by atoms with E-state index in [0.29, 0.717) is 0 Å². The average molecular weight is 162 g/mol. The van der Waals surface area contributed by atoms with Crippen LogP contribution in [0.1, 0.15) is 0 Å².